The third-order valence-corrected chi connectivity index (χ3v) is 4.00. The lowest BCUT2D eigenvalue weighted by Crippen LogP contribution is -2.32. The van der Waals surface area contributed by atoms with Gasteiger partial charge < -0.3 is 14.2 Å². The van der Waals surface area contributed by atoms with Crippen LogP contribution in [0.3, 0.4) is 0 Å². The van der Waals surface area contributed by atoms with E-state index in [1.165, 1.54) is 12.6 Å². The average Bonchev–Trinajstić information content (AvgIpc) is 2.61. The predicted octanol–water partition coefficient (Wildman–Crippen LogP) is 2.97. The normalized spacial score (nSPS) is 17.8. The Morgan fingerprint density at radius 1 is 1.25 bits per heavy atom. The van der Waals surface area contributed by atoms with Crippen LogP contribution in [0.5, 0.6) is 0 Å². The molecule has 6 nitrogen and oxygen atoms in total. The lowest BCUT2D eigenvalue weighted by Gasteiger charge is -2.25. The van der Waals surface area contributed by atoms with Crippen molar-refractivity contribution in [1.29, 1.82) is 0 Å². The fourth-order valence-corrected chi connectivity index (χ4v) is 2.76. The Morgan fingerprint density at radius 3 is 2.62 bits per heavy atom. The molecule has 2 rings (SSSR count). The standard InChI is InChI=1S/C18H25NO5/c1-3-22-18(21)16(14-8-7-11-19-12-14)24-17(20)13(2)23-15-9-5-4-6-10-15/h7-8,11-13,15-16H,3-6,9-10H2,1-2H3/t13-,16-/m0/s1. The minimum atomic E-state index is -1.12. The molecule has 2 atom stereocenters. The number of carbonyl (C=O) groups is 2. The second kappa shape index (κ2) is 9.37. The van der Waals surface area contributed by atoms with Crippen LogP contribution in [0.15, 0.2) is 24.5 Å². The van der Waals surface area contributed by atoms with E-state index < -0.39 is 24.1 Å². The zero-order valence-electron chi connectivity index (χ0n) is 14.3. The van der Waals surface area contributed by atoms with Crippen LogP contribution >= 0.6 is 0 Å². The van der Waals surface area contributed by atoms with Crippen molar-refractivity contribution in [2.45, 2.75) is 64.3 Å². The third kappa shape index (κ3) is 5.30. The smallest absolute Gasteiger partial charge is 0.352 e. The van der Waals surface area contributed by atoms with E-state index in [0.717, 1.165) is 25.7 Å². The van der Waals surface area contributed by atoms with Crippen LogP contribution in [0, 0.1) is 0 Å². The number of rotatable bonds is 7. The first-order valence-electron chi connectivity index (χ1n) is 8.54. The lowest BCUT2D eigenvalue weighted by molar-refractivity contribution is -0.177. The fraction of sp³-hybridized carbons (Fsp3) is 0.611. The first kappa shape index (κ1) is 18.4. The van der Waals surface area contributed by atoms with Crippen LogP contribution in [0.25, 0.3) is 0 Å². The van der Waals surface area contributed by atoms with Crippen molar-refractivity contribution in [3.8, 4) is 0 Å². The Hall–Kier alpha value is -1.95. The van der Waals surface area contributed by atoms with E-state index in [1.807, 2.05) is 0 Å². The molecule has 1 fully saturated rings. The van der Waals surface area contributed by atoms with Crippen LogP contribution in [0.2, 0.25) is 0 Å². The lowest BCUT2D eigenvalue weighted by atomic mass is 9.98. The van der Waals surface area contributed by atoms with Gasteiger partial charge in [-0.3, -0.25) is 4.98 Å². The van der Waals surface area contributed by atoms with Gasteiger partial charge in [0, 0.05) is 18.0 Å². The largest absolute Gasteiger partial charge is 0.463 e. The molecule has 0 saturated heterocycles. The summed E-state index contributed by atoms with van der Waals surface area (Å²) < 4.78 is 16.2. The molecule has 132 valence electrons. The van der Waals surface area contributed by atoms with E-state index in [0.29, 0.717) is 5.56 Å². The number of esters is 2. The number of carbonyl (C=O) groups excluding carboxylic acids is 2. The maximum atomic E-state index is 12.3. The SMILES string of the molecule is CCOC(=O)[C@@H](OC(=O)[C@H](C)OC1CCCCC1)c1cccnc1. The van der Waals surface area contributed by atoms with Gasteiger partial charge in [-0.15, -0.1) is 0 Å². The number of pyridine rings is 1. The Morgan fingerprint density at radius 2 is 2.00 bits per heavy atom. The molecule has 1 aromatic heterocycles. The molecule has 0 radical (unpaired) electrons. The Labute approximate surface area is 142 Å². The highest BCUT2D eigenvalue weighted by Crippen LogP contribution is 2.23. The minimum Gasteiger partial charge on any atom is -0.463 e. The number of ether oxygens (including phenoxy) is 3. The number of nitrogens with zero attached hydrogens (tertiary/aromatic N) is 1. The summed E-state index contributed by atoms with van der Waals surface area (Å²) in [6.07, 6.45) is 6.68. The maximum absolute atomic E-state index is 12.3. The van der Waals surface area contributed by atoms with E-state index in [4.69, 9.17) is 14.2 Å². The van der Waals surface area contributed by atoms with Gasteiger partial charge in [0.05, 0.1) is 12.7 Å². The fourth-order valence-electron chi connectivity index (χ4n) is 2.76. The molecule has 0 N–H and O–H groups in total. The molecule has 1 aliphatic carbocycles. The molecule has 24 heavy (non-hydrogen) atoms. The second-order valence-electron chi connectivity index (χ2n) is 5.89. The van der Waals surface area contributed by atoms with Gasteiger partial charge in [-0.05, 0) is 32.8 Å². The molecule has 0 unspecified atom stereocenters. The molecule has 1 aromatic rings. The summed E-state index contributed by atoms with van der Waals surface area (Å²) in [6.45, 7) is 3.57. The van der Waals surface area contributed by atoms with Gasteiger partial charge >= 0.3 is 11.9 Å². The molecule has 0 aromatic carbocycles. The van der Waals surface area contributed by atoms with Gasteiger partial charge in [0.15, 0.2) is 6.10 Å². The van der Waals surface area contributed by atoms with Crippen LogP contribution in [0.1, 0.15) is 57.6 Å². The average molecular weight is 335 g/mol. The van der Waals surface area contributed by atoms with E-state index in [9.17, 15) is 9.59 Å². The summed E-state index contributed by atoms with van der Waals surface area (Å²) in [4.78, 5) is 28.4. The van der Waals surface area contributed by atoms with Crippen LogP contribution in [0.4, 0.5) is 0 Å². The molecule has 6 heteroatoms. The highest BCUT2D eigenvalue weighted by atomic mass is 16.6. The topological polar surface area (TPSA) is 74.7 Å². The zero-order valence-corrected chi connectivity index (χ0v) is 14.3. The van der Waals surface area contributed by atoms with E-state index in [-0.39, 0.29) is 12.7 Å². The Kier molecular flexibility index (Phi) is 7.18. The highest BCUT2D eigenvalue weighted by molar-refractivity contribution is 5.82. The van der Waals surface area contributed by atoms with E-state index in [1.54, 1.807) is 32.2 Å². The molecule has 1 aliphatic rings. The number of aromatic nitrogens is 1. The summed E-state index contributed by atoms with van der Waals surface area (Å²) in [6, 6.07) is 3.35. The summed E-state index contributed by atoms with van der Waals surface area (Å²) in [5.74, 6) is -1.17. The maximum Gasteiger partial charge on any atom is 0.352 e. The Bertz CT molecular complexity index is 527. The Balaban J connectivity index is 1.99. The number of hydrogen-bond acceptors (Lipinski definition) is 6. The predicted molar refractivity (Wildman–Crippen MR) is 87.1 cm³/mol. The van der Waals surface area contributed by atoms with Gasteiger partial charge in [0.2, 0.25) is 6.10 Å². The summed E-state index contributed by atoms with van der Waals surface area (Å²) in [5, 5.41) is 0. The van der Waals surface area contributed by atoms with E-state index >= 15 is 0 Å². The van der Waals surface area contributed by atoms with Gasteiger partial charge in [0.1, 0.15) is 0 Å². The van der Waals surface area contributed by atoms with Gasteiger partial charge in [-0.2, -0.15) is 0 Å². The van der Waals surface area contributed by atoms with Crippen molar-refractivity contribution >= 4 is 11.9 Å². The summed E-state index contributed by atoms with van der Waals surface area (Å²) in [7, 11) is 0. The first-order valence-corrected chi connectivity index (χ1v) is 8.54. The van der Waals surface area contributed by atoms with Crippen LogP contribution in [-0.4, -0.2) is 35.7 Å². The molecular formula is C18H25NO5. The molecule has 0 bridgehead atoms. The van der Waals surface area contributed by atoms with Crippen molar-refractivity contribution in [3.63, 3.8) is 0 Å². The molecule has 0 amide bonds. The quantitative estimate of drug-likeness (QED) is 0.713. The zero-order chi connectivity index (χ0) is 17.4. The highest BCUT2D eigenvalue weighted by Gasteiger charge is 2.30. The van der Waals surface area contributed by atoms with Crippen LogP contribution in [-0.2, 0) is 23.8 Å². The monoisotopic (exact) mass is 335 g/mol. The van der Waals surface area contributed by atoms with Crippen molar-refractivity contribution in [2.24, 2.45) is 0 Å². The van der Waals surface area contributed by atoms with Crippen molar-refractivity contribution in [2.75, 3.05) is 6.61 Å². The van der Waals surface area contributed by atoms with Gasteiger partial charge in [-0.1, -0.05) is 25.3 Å². The molecule has 1 saturated carbocycles. The summed E-state index contributed by atoms with van der Waals surface area (Å²) in [5.41, 5.74) is 0.481. The minimum absolute atomic E-state index is 0.0840. The van der Waals surface area contributed by atoms with Gasteiger partial charge in [0.25, 0.3) is 0 Å². The van der Waals surface area contributed by atoms with Gasteiger partial charge in [-0.25, -0.2) is 9.59 Å². The molecular weight excluding hydrogens is 310 g/mol. The van der Waals surface area contributed by atoms with Crippen LogP contribution < -0.4 is 0 Å². The number of hydrogen-bond donors (Lipinski definition) is 0. The van der Waals surface area contributed by atoms with Crippen molar-refractivity contribution in [3.05, 3.63) is 30.1 Å². The molecule has 1 heterocycles. The third-order valence-electron chi connectivity index (χ3n) is 4.00. The second-order valence-corrected chi connectivity index (χ2v) is 5.89. The first-order chi connectivity index (χ1) is 11.6. The summed E-state index contributed by atoms with van der Waals surface area (Å²) >= 11 is 0. The van der Waals surface area contributed by atoms with Crippen molar-refractivity contribution < 1.29 is 23.8 Å². The van der Waals surface area contributed by atoms with E-state index in [2.05, 4.69) is 4.98 Å². The molecule has 0 spiro atoms. The molecule has 0 aliphatic heterocycles. The van der Waals surface area contributed by atoms with Crippen molar-refractivity contribution in [1.82, 2.24) is 4.98 Å².